The molecule has 26 heavy (non-hydrogen) atoms. The zero-order chi connectivity index (χ0) is 18.7. The third kappa shape index (κ3) is 4.14. The molecular weight excluding hydrogens is 351 g/mol. The fraction of sp³-hybridized carbons (Fsp3) is 0.471. The summed E-state index contributed by atoms with van der Waals surface area (Å²) in [6.07, 6.45) is -4.16. The third-order valence-corrected chi connectivity index (χ3v) is 4.17. The molecule has 0 aliphatic carbocycles. The van der Waals surface area contributed by atoms with Crippen molar-refractivity contribution in [3.05, 3.63) is 42.1 Å². The first kappa shape index (κ1) is 18.2. The van der Waals surface area contributed by atoms with E-state index in [-0.39, 0.29) is 18.3 Å². The molecule has 1 aromatic heterocycles. The molecule has 0 radical (unpaired) electrons. The van der Waals surface area contributed by atoms with E-state index in [0.717, 1.165) is 0 Å². The number of ether oxygens (including phenoxy) is 1. The van der Waals surface area contributed by atoms with Crippen molar-refractivity contribution < 1.29 is 27.1 Å². The largest absolute Gasteiger partial charge is 0.481 e. The van der Waals surface area contributed by atoms with Gasteiger partial charge in [0, 0.05) is 13.1 Å². The maximum Gasteiger partial charge on any atom is 0.470 e. The molecule has 2 aromatic rings. The number of alkyl halides is 3. The highest BCUT2D eigenvalue weighted by molar-refractivity contribution is 5.81. The van der Waals surface area contributed by atoms with Gasteiger partial charge in [-0.05, 0) is 31.9 Å². The number of rotatable bonds is 4. The van der Waals surface area contributed by atoms with Crippen LogP contribution in [0.4, 0.5) is 13.2 Å². The topological polar surface area (TPSA) is 68.5 Å². The number of likely N-dealkylation sites (tertiary alicyclic amines) is 1. The van der Waals surface area contributed by atoms with E-state index in [2.05, 4.69) is 10.2 Å². The summed E-state index contributed by atoms with van der Waals surface area (Å²) in [5.74, 6) is -1.52. The fourth-order valence-corrected chi connectivity index (χ4v) is 2.90. The van der Waals surface area contributed by atoms with Gasteiger partial charge in [-0.3, -0.25) is 4.79 Å². The summed E-state index contributed by atoms with van der Waals surface area (Å²) >= 11 is 0. The molecular formula is C17H18F3N3O3. The predicted octanol–water partition coefficient (Wildman–Crippen LogP) is 3.26. The molecule has 0 spiro atoms. The number of benzene rings is 1. The maximum atomic E-state index is 12.6. The minimum Gasteiger partial charge on any atom is -0.481 e. The molecule has 1 fully saturated rings. The Balaban J connectivity index is 1.64. The van der Waals surface area contributed by atoms with Crippen molar-refractivity contribution >= 4 is 5.91 Å². The second-order valence-electron chi connectivity index (χ2n) is 6.14. The van der Waals surface area contributed by atoms with Crippen LogP contribution in [0.3, 0.4) is 0 Å². The number of para-hydroxylation sites is 1. The number of hydrogen-bond donors (Lipinski definition) is 0. The summed E-state index contributed by atoms with van der Waals surface area (Å²) in [6, 6.07) is 8.95. The highest BCUT2D eigenvalue weighted by Gasteiger charge is 2.39. The summed E-state index contributed by atoms with van der Waals surface area (Å²) in [7, 11) is 0. The second kappa shape index (κ2) is 7.35. The van der Waals surface area contributed by atoms with Crippen LogP contribution in [-0.4, -0.2) is 40.2 Å². The van der Waals surface area contributed by atoms with E-state index >= 15 is 0 Å². The summed E-state index contributed by atoms with van der Waals surface area (Å²) in [6.45, 7) is 2.38. The van der Waals surface area contributed by atoms with Gasteiger partial charge >= 0.3 is 12.1 Å². The van der Waals surface area contributed by atoms with Gasteiger partial charge in [-0.1, -0.05) is 18.2 Å². The van der Waals surface area contributed by atoms with Crippen LogP contribution >= 0.6 is 0 Å². The molecule has 1 saturated heterocycles. The number of aromatic nitrogens is 2. The number of hydrogen-bond acceptors (Lipinski definition) is 5. The van der Waals surface area contributed by atoms with Gasteiger partial charge < -0.3 is 14.1 Å². The third-order valence-electron chi connectivity index (χ3n) is 4.17. The molecule has 6 nitrogen and oxygen atoms in total. The Morgan fingerprint density at radius 3 is 2.69 bits per heavy atom. The maximum absolute atomic E-state index is 12.6. The Morgan fingerprint density at radius 2 is 2.04 bits per heavy atom. The minimum absolute atomic E-state index is 0.0912. The Bertz CT molecular complexity index is 748. The van der Waals surface area contributed by atoms with E-state index in [9.17, 15) is 18.0 Å². The van der Waals surface area contributed by atoms with E-state index in [1.165, 1.54) is 0 Å². The van der Waals surface area contributed by atoms with E-state index in [4.69, 9.17) is 9.15 Å². The van der Waals surface area contributed by atoms with Gasteiger partial charge in [-0.15, -0.1) is 10.2 Å². The number of nitrogens with zero attached hydrogens (tertiary/aromatic N) is 3. The van der Waals surface area contributed by atoms with E-state index in [1.807, 2.05) is 6.07 Å². The summed E-state index contributed by atoms with van der Waals surface area (Å²) in [5.41, 5.74) is 0. The zero-order valence-electron chi connectivity index (χ0n) is 14.1. The lowest BCUT2D eigenvalue weighted by molar-refractivity contribution is -0.158. The second-order valence-corrected chi connectivity index (χ2v) is 6.14. The zero-order valence-corrected chi connectivity index (χ0v) is 14.1. The lowest BCUT2D eigenvalue weighted by atomic mass is 9.97. The average molecular weight is 369 g/mol. The molecule has 0 unspecified atom stereocenters. The normalized spacial score (nSPS) is 19.2. The number of carbonyl (C=O) groups is 1. The summed E-state index contributed by atoms with van der Waals surface area (Å²) in [5, 5.41) is 6.56. The van der Waals surface area contributed by atoms with Crippen LogP contribution in [0.15, 0.2) is 34.7 Å². The summed E-state index contributed by atoms with van der Waals surface area (Å²) < 4.78 is 48.2. The molecule has 1 aliphatic heterocycles. The van der Waals surface area contributed by atoms with Crippen molar-refractivity contribution in [3.8, 4) is 5.75 Å². The Morgan fingerprint density at radius 1 is 1.31 bits per heavy atom. The molecule has 0 saturated carbocycles. The minimum atomic E-state index is -4.67. The molecule has 0 bridgehead atoms. The number of carbonyl (C=O) groups excluding carboxylic acids is 1. The molecule has 2 atom stereocenters. The van der Waals surface area contributed by atoms with Crippen LogP contribution in [0.1, 0.15) is 37.5 Å². The van der Waals surface area contributed by atoms with Gasteiger partial charge in [-0.25, -0.2) is 0 Å². The highest BCUT2D eigenvalue weighted by atomic mass is 19.4. The first-order chi connectivity index (χ1) is 12.3. The standard InChI is InChI=1S/C17H18F3N3O3/c1-11(25-13-7-3-2-4-8-13)15(24)23-9-5-6-12(10-23)14-21-22-16(26-14)17(18,19)20/h2-4,7-8,11-12H,5-6,9-10H2,1H3/t11-,12+/m1/s1. The van der Waals surface area contributed by atoms with Crippen molar-refractivity contribution in [1.82, 2.24) is 15.1 Å². The van der Waals surface area contributed by atoms with Crippen LogP contribution < -0.4 is 4.74 Å². The van der Waals surface area contributed by atoms with Crippen LogP contribution in [0, 0.1) is 0 Å². The molecule has 1 amide bonds. The van der Waals surface area contributed by atoms with Crippen molar-refractivity contribution in [3.63, 3.8) is 0 Å². The SMILES string of the molecule is C[C@@H](Oc1ccccc1)C(=O)N1CCC[C@H](c2nnc(C(F)(F)F)o2)C1. The molecule has 2 heterocycles. The molecule has 140 valence electrons. The molecule has 1 aliphatic rings. The van der Waals surface area contributed by atoms with E-state index in [0.29, 0.717) is 25.1 Å². The first-order valence-electron chi connectivity index (χ1n) is 8.25. The quantitative estimate of drug-likeness (QED) is 0.827. The van der Waals surface area contributed by atoms with Crippen LogP contribution in [-0.2, 0) is 11.0 Å². The Labute approximate surface area is 148 Å². The van der Waals surface area contributed by atoms with Crippen LogP contribution in [0.5, 0.6) is 5.75 Å². The van der Waals surface area contributed by atoms with Gasteiger partial charge in [0.25, 0.3) is 5.91 Å². The van der Waals surface area contributed by atoms with Gasteiger partial charge in [0.05, 0.1) is 5.92 Å². The number of halogens is 3. The molecule has 3 rings (SSSR count). The van der Waals surface area contributed by atoms with E-state index in [1.54, 1.807) is 36.1 Å². The van der Waals surface area contributed by atoms with E-state index < -0.39 is 24.1 Å². The monoisotopic (exact) mass is 369 g/mol. The highest BCUT2D eigenvalue weighted by Crippen LogP contribution is 2.32. The molecule has 9 heteroatoms. The van der Waals surface area contributed by atoms with Gasteiger partial charge in [0.2, 0.25) is 5.89 Å². The Hall–Kier alpha value is -2.58. The van der Waals surface area contributed by atoms with Crippen molar-refractivity contribution in [2.24, 2.45) is 0 Å². The Kier molecular flexibility index (Phi) is 5.15. The summed E-state index contributed by atoms with van der Waals surface area (Å²) in [4.78, 5) is 14.2. The molecule has 0 N–H and O–H groups in total. The lowest BCUT2D eigenvalue weighted by Gasteiger charge is -2.32. The van der Waals surface area contributed by atoms with Crippen molar-refractivity contribution in [2.45, 2.75) is 38.0 Å². The van der Waals surface area contributed by atoms with Gasteiger partial charge in [-0.2, -0.15) is 13.2 Å². The van der Waals surface area contributed by atoms with Crippen molar-refractivity contribution in [2.75, 3.05) is 13.1 Å². The fourth-order valence-electron chi connectivity index (χ4n) is 2.90. The van der Waals surface area contributed by atoms with Crippen LogP contribution in [0.2, 0.25) is 0 Å². The predicted molar refractivity (Wildman–Crippen MR) is 84.4 cm³/mol. The van der Waals surface area contributed by atoms with Gasteiger partial charge in [0.15, 0.2) is 6.10 Å². The smallest absolute Gasteiger partial charge is 0.470 e. The molecule has 1 aromatic carbocycles. The lowest BCUT2D eigenvalue weighted by Crippen LogP contribution is -2.45. The number of amides is 1. The number of piperidine rings is 1. The first-order valence-corrected chi connectivity index (χ1v) is 8.25. The van der Waals surface area contributed by atoms with Crippen LogP contribution in [0.25, 0.3) is 0 Å². The average Bonchev–Trinajstić information content (AvgIpc) is 3.12. The van der Waals surface area contributed by atoms with Crippen molar-refractivity contribution in [1.29, 1.82) is 0 Å². The van der Waals surface area contributed by atoms with Gasteiger partial charge in [0.1, 0.15) is 5.75 Å².